The molecule has 0 aliphatic carbocycles. The Morgan fingerprint density at radius 1 is 1.17 bits per heavy atom. The Kier molecular flexibility index (Phi) is 5.59. The number of aliphatic imine (C=N–C) groups is 1. The maximum absolute atomic E-state index is 4.46. The van der Waals surface area contributed by atoms with Crippen molar-refractivity contribution in [3.63, 3.8) is 0 Å². The first-order valence-electron chi connectivity index (χ1n) is 8.95. The third-order valence-electron chi connectivity index (χ3n) is 4.95. The second-order valence-corrected chi connectivity index (χ2v) is 8.73. The average molecular weight is 347 g/mol. The van der Waals surface area contributed by atoms with E-state index in [4.69, 9.17) is 0 Å². The number of thioether (sulfide) groups is 1. The Morgan fingerprint density at radius 2 is 1.88 bits per heavy atom. The van der Waals surface area contributed by atoms with Gasteiger partial charge in [0.25, 0.3) is 0 Å². The van der Waals surface area contributed by atoms with Crippen LogP contribution >= 0.6 is 11.8 Å². The van der Waals surface area contributed by atoms with E-state index in [1.54, 1.807) is 0 Å². The fourth-order valence-corrected chi connectivity index (χ4v) is 4.36. The van der Waals surface area contributed by atoms with E-state index in [1.807, 2.05) is 7.05 Å². The van der Waals surface area contributed by atoms with Crippen LogP contribution in [0.3, 0.4) is 0 Å². The van der Waals surface area contributed by atoms with Gasteiger partial charge in [-0.2, -0.15) is 11.8 Å². The number of hydrogen-bond donors (Lipinski definition) is 1. The highest BCUT2D eigenvalue weighted by atomic mass is 32.2. The molecule has 1 N–H and O–H groups in total. The molecule has 0 saturated carbocycles. The van der Waals surface area contributed by atoms with Crippen LogP contribution in [0, 0.1) is 5.41 Å². The van der Waals surface area contributed by atoms with Crippen LogP contribution in [0.1, 0.15) is 25.8 Å². The number of nitrogens with one attached hydrogen (secondary N) is 1. The summed E-state index contributed by atoms with van der Waals surface area (Å²) < 4.78 is 0. The van der Waals surface area contributed by atoms with Crippen molar-refractivity contribution in [2.45, 2.75) is 26.8 Å². The van der Waals surface area contributed by atoms with E-state index in [-0.39, 0.29) is 0 Å². The van der Waals surface area contributed by atoms with E-state index in [0.717, 1.165) is 25.6 Å². The summed E-state index contributed by atoms with van der Waals surface area (Å²) in [5.74, 6) is 3.51. The Morgan fingerprint density at radius 3 is 2.46 bits per heavy atom. The predicted molar refractivity (Wildman–Crippen MR) is 106 cm³/mol. The van der Waals surface area contributed by atoms with Gasteiger partial charge in [0.2, 0.25) is 0 Å². The van der Waals surface area contributed by atoms with E-state index < -0.39 is 0 Å². The number of anilines is 1. The number of benzene rings is 1. The molecule has 1 aromatic rings. The molecule has 4 nitrogen and oxygen atoms in total. The Balaban J connectivity index is 1.54. The molecule has 2 aliphatic heterocycles. The number of rotatable bonds is 3. The molecule has 24 heavy (non-hydrogen) atoms. The van der Waals surface area contributed by atoms with Crippen molar-refractivity contribution in [1.29, 1.82) is 0 Å². The van der Waals surface area contributed by atoms with Gasteiger partial charge in [0, 0.05) is 57.0 Å². The minimum atomic E-state index is 0.395. The van der Waals surface area contributed by atoms with Gasteiger partial charge in [-0.1, -0.05) is 26.0 Å². The molecule has 2 heterocycles. The summed E-state index contributed by atoms with van der Waals surface area (Å²) in [5, 5.41) is 3.52. The lowest BCUT2D eigenvalue weighted by Crippen LogP contribution is -2.40. The first kappa shape index (κ1) is 17.5. The first-order chi connectivity index (χ1) is 11.6. The van der Waals surface area contributed by atoms with Crippen molar-refractivity contribution in [1.82, 2.24) is 10.2 Å². The van der Waals surface area contributed by atoms with Crippen LogP contribution in [0.5, 0.6) is 0 Å². The van der Waals surface area contributed by atoms with Crippen LogP contribution < -0.4 is 10.2 Å². The van der Waals surface area contributed by atoms with E-state index in [2.05, 4.69) is 70.0 Å². The molecule has 132 valence electrons. The van der Waals surface area contributed by atoms with Crippen LogP contribution in [0.4, 0.5) is 5.69 Å². The molecule has 2 aliphatic rings. The van der Waals surface area contributed by atoms with Crippen molar-refractivity contribution in [3.8, 4) is 0 Å². The standard InChI is InChI=1S/C19H30N4S/c1-19(2)8-9-23(15-19)18(20-3)21-14-16-4-6-17(7-5-16)22-10-12-24-13-11-22/h4-7H,8-15H2,1-3H3,(H,20,21). The van der Waals surface area contributed by atoms with Crippen LogP contribution in [-0.4, -0.2) is 55.6 Å². The zero-order chi connectivity index (χ0) is 17.0. The molecule has 0 amide bonds. The van der Waals surface area contributed by atoms with Gasteiger partial charge < -0.3 is 15.1 Å². The Hall–Kier alpha value is -1.36. The van der Waals surface area contributed by atoms with Crippen LogP contribution in [-0.2, 0) is 6.54 Å². The maximum atomic E-state index is 4.46. The number of guanidine groups is 1. The van der Waals surface area contributed by atoms with Gasteiger partial charge in [-0.3, -0.25) is 4.99 Å². The lowest BCUT2D eigenvalue weighted by molar-refractivity contribution is 0.370. The van der Waals surface area contributed by atoms with Crippen molar-refractivity contribution in [2.75, 3.05) is 49.6 Å². The Labute approximate surface area is 150 Å². The Bertz CT molecular complexity index is 561. The van der Waals surface area contributed by atoms with Gasteiger partial charge in [-0.25, -0.2) is 0 Å². The topological polar surface area (TPSA) is 30.9 Å². The van der Waals surface area contributed by atoms with Crippen molar-refractivity contribution < 1.29 is 0 Å². The number of hydrogen-bond acceptors (Lipinski definition) is 3. The summed E-state index contributed by atoms with van der Waals surface area (Å²) in [4.78, 5) is 9.32. The third-order valence-corrected chi connectivity index (χ3v) is 5.89. The summed E-state index contributed by atoms with van der Waals surface area (Å²) in [5.41, 5.74) is 3.06. The van der Waals surface area contributed by atoms with E-state index in [0.29, 0.717) is 5.41 Å². The highest BCUT2D eigenvalue weighted by Crippen LogP contribution is 2.28. The van der Waals surface area contributed by atoms with Crippen molar-refractivity contribution >= 4 is 23.4 Å². The number of likely N-dealkylation sites (tertiary alicyclic amines) is 1. The molecule has 0 aromatic heterocycles. The summed E-state index contributed by atoms with van der Waals surface area (Å²) in [6.45, 7) is 10.0. The molecule has 0 unspecified atom stereocenters. The molecular weight excluding hydrogens is 316 g/mol. The zero-order valence-corrected chi connectivity index (χ0v) is 16.0. The summed E-state index contributed by atoms with van der Waals surface area (Å²) >= 11 is 2.05. The molecular formula is C19H30N4S. The largest absolute Gasteiger partial charge is 0.370 e. The zero-order valence-electron chi connectivity index (χ0n) is 15.2. The van der Waals surface area contributed by atoms with Gasteiger partial charge >= 0.3 is 0 Å². The highest BCUT2D eigenvalue weighted by molar-refractivity contribution is 7.99. The van der Waals surface area contributed by atoms with Gasteiger partial charge in [-0.05, 0) is 29.5 Å². The second kappa shape index (κ2) is 7.68. The van der Waals surface area contributed by atoms with Crippen LogP contribution in [0.15, 0.2) is 29.3 Å². The van der Waals surface area contributed by atoms with Gasteiger partial charge in [0.05, 0.1) is 0 Å². The van der Waals surface area contributed by atoms with E-state index in [1.165, 1.54) is 42.3 Å². The molecule has 3 rings (SSSR count). The van der Waals surface area contributed by atoms with Crippen molar-refractivity contribution in [2.24, 2.45) is 10.4 Å². The highest BCUT2D eigenvalue weighted by Gasteiger charge is 2.30. The quantitative estimate of drug-likeness (QED) is 0.673. The van der Waals surface area contributed by atoms with Gasteiger partial charge in [0.1, 0.15) is 0 Å². The van der Waals surface area contributed by atoms with Crippen LogP contribution in [0.2, 0.25) is 0 Å². The maximum Gasteiger partial charge on any atom is 0.193 e. The monoisotopic (exact) mass is 346 g/mol. The van der Waals surface area contributed by atoms with E-state index >= 15 is 0 Å². The second-order valence-electron chi connectivity index (χ2n) is 7.50. The smallest absolute Gasteiger partial charge is 0.193 e. The fourth-order valence-electron chi connectivity index (χ4n) is 3.45. The lowest BCUT2D eigenvalue weighted by atomic mass is 9.93. The fraction of sp³-hybridized carbons (Fsp3) is 0.632. The molecule has 5 heteroatoms. The minimum Gasteiger partial charge on any atom is -0.370 e. The van der Waals surface area contributed by atoms with E-state index in [9.17, 15) is 0 Å². The average Bonchev–Trinajstić information content (AvgIpc) is 2.97. The SMILES string of the molecule is CN=C(NCc1ccc(N2CCSCC2)cc1)N1CCC(C)(C)C1. The summed E-state index contributed by atoms with van der Waals surface area (Å²) in [6.07, 6.45) is 1.23. The summed E-state index contributed by atoms with van der Waals surface area (Å²) in [7, 11) is 1.88. The molecule has 2 fully saturated rings. The third kappa shape index (κ3) is 4.38. The molecule has 0 bridgehead atoms. The summed E-state index contributed by atoms with van der Waals surface area (Å²) in [6, 6.07) is 9.00. The normalized spacial score (nSPS) is 21.2. The van der Waals surface area contributed by atoms with Gasteiger partial charge in [0.15, 0.2) is 5.96 Å². The molecule has 0 spiro atoms. The first-order valence-corrected chi connectivity index (χ1v) is 10.1. The number of nitrogens with zero attached hydrogens (tertiary/aromatic N) is 3. The predicted octanol–water partition coefficient (Wildman–Crippen LogP) is 3.05. The minimum absolute atomic E-state index is 0.395. The van der Waals surface area contributed by atoms with Crippen LogP contribution in [0.25, 0.3) is 0 Å². The van der Waals surface area contributed by atoms with Gasteiger partial charge in [-0.15, -0.1) is 0 Å². The lowest BCUT2D eigenvalue weighted by Gasteiger charge is -2.28. The molecule has 2 saturated heterocycles. The molecule has 1 aromatic carbocycles. The van der Waals surface area contributed by atoms with Crippen molar-refractivity contribution in [3.05, 3.63) is 29.8 Å². The molecule has 0 atom stereocenters. The molecule has 0 radical (unpaired) electrons.